The number of rotatable bonds is 3. The fourth-order valence-electron chi connectivity index (χ4n) is 2.21. The first kappa shape index (κ1) is 15.6. The number of thioether (sulfide) groups is 1. The maximum Gasteiger partial charge on any atom is 0.262 e. The SMILES string of the molecule is Cc1sc2nc(SCc3ccc(Cl)cc3)n(C)c(=O)c2c1C. The average molecular weight is 351 g/mol. The molecule has 0 bridgehead atoms. The van der Waals surface area contributed by atoms with E-state index in [-0.39, 0.29) is 5.56 Å². The number of aromatic nitrogens is 2. The van der Waals surface area contributed by atoms with Crippen molar-refractivity contribution in [2.45, 2.75) is 24.8 Å². The van der Waals surface area contributed by atoms with E-state index in [0.29, 0.717) is 0 Å². The lowest BCUT2D eigenvalue weighted by Gasteiger charge is -2.07. The summed E-state index contributed by atoms with van der Waals surface area (Å²) >= 11 is 9.04. The number of halogens is 1. The average Bonchev–Trinajstić information content (AvgIpc) is 2.78. The monoisotopic (exact) mass is 350 g/mol. The van der Waals surface area contributed by atoms with Crippen molar-refractivity contribution < 1.29 is 0 Å². The zero-order chi connectivity index (χ0) is 15.9. The summed E-state index contributed by atoms with van der Waals surface area (Å²) in [6, 6.07) is 7.73. The molecule has 114 valence electrons. The molecular formula is C16H15ClN2OS2. The van der Waals surface area contributed by atoms with Crippen molar-refractivity contribution in [3.63, 3.8) is 0 Å². The van der Waals surface area contributed by atoms with Gasteiger partial charge in [-0.1, -0.05) is 35.5 Å². The maximum absolute atomic E-state index is 12.5. The van der Waals surface area contributed by atoms with E-state index in [1.165, 1.54) is 0 Å². The lowest BCUT2D eigenvalue weighted by Crippen LogP contribution is -2.19. The lowest BCUT2D eigenvalue weighted by atomic mass is 10.2. The van der Waals surface area contributed by atoms with Crippen LogP contribution in [0, 0.1) is 13.8 Å². The Labute approximate surface area is 142 Å². The molecule has 2 heterocycles. The molecule has 22 heavy (non-hydrogen) atoms. The molecule has 0 fully saturated rings. The first-order chi connectivity index (χ1) is 10.5. The van der Waals surface area contributed by atoms with Crippen molar-refractivity contribution in [3.05, 3.63) is 55.6 Å². The predicted molar refractivity (Wildman–Crippen MR) is 95.3 cm³/mol. The number of hydrogen-bond acceptors (Lipinski definition) is 4. The Kier molecular flexibility index (Phi) is 4.30. The summed E-state index contributed by atoms with van der Waals surface area (Å²) in [6.07, 6.45) is 0. The van der Waals surface area contributed by atoms with E-state index < -0.39 is 0 Å². The van der Waals surface area contributed by atoms with Gasteiger partial charge in [0.2, 0.25) is 0 Å². The van der Waals surface area contributed by atoms with Crippen LogP contribution in [-0.2, 0) is 12.8 Å². The molecule has 0 saturated heterocycles. The van der Waals surface area contributed by atoms with Crippen LogP contribution >= 0.6 is 34.7 Å². The Hall–Kier alpha value is -1.30. The van der Waals surface area contributed by atoms with Gasteiger partial charge in [0.1, 0.15) is 4.83 Å². The van der Waals surface area contributed by atoms with E-state index in [1.54, 1.807) is 34.7 Å². The number of hydrogen-bond donors (Lipinski definition) is 0. The zero-order valence-corrected chi connectivity index (χ0v) is 14.9. The van der Waals surface area contributed by atoms with Gasteiger partial charge in [-0.05, 0) is 37.1 Å². The molecule has 3 nitrogen and oxygen atoms in total. The van der Waals surface area contributed by atoms with Crippen molar-refractivity contribution in [1.82, 2.24) is 9.55 Å². The zero-order valence-electron chi connectivity index (χ0n) is 12.5. The highest BCUT2D eigenvalue weighted by Crippen LogP contribution is 2.29. The van der Waals surface area contributed by atoms with Crippen LogP contribution in [0.2, 0.25) is 5.02 Å². The van der Waals surface area contributed by atoms with Crippen LogP contribution in [0.15, 0.2) is 34.2 Å². The lowest BCUT2D eigenvalue weighted by molar-refractivity contribution is 0.727. The van der Waals surface area contributed by atoms with E-state index in [4.69, 9.17) is 11.6 Å². The van der Waals surface area contributed by atoms with Crippen molar-refractivity contribution in [1.29, 1.82) is 0 Å². The van der Waals surface area contributed by atoms with E-state index in [9.17, 15) is 4.79 Å². The summed E-state index contributed by atoms with van der Waals surface area (Å²) < 4.78 is 1.64. The summed E-state index contributed by atoms with van der Waals surface area (Å²) in [7, 11) is 1.78. The third-order valence-corrected chi connectivity index (χ3v) is 6.10. The van der Waals surface area contributed by atoms with Crippen LogP contribution in [-0.4, -0.2) is 9.55 Å². The quantitative estimate of drug-likeness (QED) is 0.513. The van der Waals surface area contributed by atoms with Crippen LogP contribution < -0.4 is 5.56 Å². The molecule has 0 aliphatic heterocycles. The Balaban J connectivity index is 1.95. The van der Waals surface area contributed by atoms with Crippen molar-refractivity contribution in [3.8, 4) is 0 Å². The summed E-state index contributed by atoms with van der Waals surface area (Å²) in [4.78, 5) is 19.2. The fraction of sp³-hybridized carbons (Fsp3) is 0.250. The van der Waals surface area contributed by atoms with Gasteiger partial charge in [0.25, 0.3) is 5.56 Å². The smallest absolute Gasteiger partial charge is 0.262 e. The third kappa shape index (κ3) is 2.81. The van der Waals surface area contributed by atoms with Crippen LogP contribution in [0.1, 0.15) is 16.0 Å². The molecule has 0 saturated carbocycles. The van der Waals surface area contributed by atoms with Gasteiger partial charge in [-0.3, -0.25) is 9.36 Å². The summed E-state index contributed by atoms with van der Waals surface area (Å²) in [6.45, 7) is 4.01. The highest BCUT2D eigenvalue weighted by molar-refractivity contribution is 7.98. The molecule has 0 aliphatic carbocycles. The minimum atomic E-state index is 0.0328. The molecule has 0 unspecified atom stereocenters. The number of thiophene rings is 1. The fourth-order valence-corrected chi connectivity index (χ4v) is 4.34. The number of fused-ring (bicyclic) bond motifs is 1. The second-order valence-electron chi connectivity index (χ2n) is 5.14. The summed E-state index contributed by atoms with van der Waals surface area (Å²) in [5.41, 5.74) is 2.23. The molecule has 0 radical (unpaired) electrons. The largest absolute Gasteiger partial charge is 0.290 e. The molecule has 0 amide bonds. The number of benzene rings is 1. The molecule has 6 heteroatoms. The van der Waals surface area contributed by atoms with Gasteiger partial charge in [0.05, 0.1) is 5.39 Å². The molecule has 0 atom stereocenters. The van der Waals surface area contributed by atoms with E-state index in [1.807, 2.05) is 38.1 Å². The van der Waals surface area contributed by atoms with E-state index in [0.717, 1.165) is 42.2 Å². The first-order valence-electron chi connectivity index (χ1n) is 6.81. The minimum absolute atomic E-state index is 0.0328. The molecule has 0 spiro atoms. The van der Waals surface area contributed by atoms with E-state index >= 15 is 0 Å². The minimum Gasteiger partial charge on any atom is -0.290 e. The third-order valence-electron chi connectivity index (χ3n) is 3.65. The summed E-state index contributed by atoms with van der Waals surface area (Å²) in [5.74, 6) is 0.756. The molecule has 1 aromatic carbocycles. The molecular weight excluding hydrogens is 336 g/mol. The first-order valence-corrected chi connectivity index (χ1v) is 8.99. The molecule has 2 aromatic heterocycles. The summed E-state index contributed by atoms with van der Waals surface area (Å²) in [5, 5.41) is 2.22. The van der Waals surface area contributed by atoms with Gasteiger partial charge >= 0.3 is 0 Å². The van der Waals surface area contributed by atoms with Gasteiger partial charge in [-0.15, -0.1) is 11.3 Å². The topological polar surface area (TPSA) is 34.9 Å². The van der Waals surface area contributed by atoms with E-state index in [2.05, 4.69) is 4.98 Å². The Morgan fingerprint density at radius 2 is 1.95 bits per heavy atom. The normalized spacial score (nSPS) is 11.3. The van der Waals surface area contributed by atoms with Crippen molar-refractivity contribution >= 4 is 44.9 Å². The maximum atomic E-state index is 12.5. The standard InChI is InChI=1S/C16H15ClN2OS2/c1-9-10(2)22-14-13(9)15(20)19(3)16(18-14)21-8-11-4-6-12(17)7-5-11/h4-7H,8H2,1-3H3. The van der Waals surface area contributed by atoms with Crippen LogP contribution in [0.25, 0.3) is 10.2 Å². The molecule has 0 N–H and O–H groups in total. The van der Waals surface area contributed by atoms with Gasteiger partial charge in [-0.2, -0.15) is 0 Å². The van der Waals surface area contributed by atoms with Gasteiger partial charge in [0.15, 0.2) is 5.16 Å². The molecule has 3 aromatic rings. The molecule has 0 aliphatic rings. The van der Waals surface area contributed by atoms with Gasteiger partial charge in [-0.25, -0.2) is 4.98 Å². The van der Waals surface area contributed by atoms with Gasteiger partial charge in [0, 0.05) is 22.7 Å². The van der Waals surface area contributed by atoms with Crippen LogP contribution in [0.5, 0.6) is 0 Å². The number of aryl methyl sites for hydroxylation is 2. The van der Waals surface area contributed by atoms with Crippen LogP contribution in [0.3, 0.4) is 0 Å². The van der Waals surface area contributed by atoms with Crippen LogP contribution in [0.4, 0.5) is 0 Å². The van der Waals surface area contributed by atoms with Gasteiger partial charge < -0.3 is 0 Å². The highest BCUT2D eigenvalue weighted by Gasteiger charge is 2.14. The van der Waals surface area contributed by atoms with Crippen molar-refractivity contribution in [2.24, 2.45) is 7.05 Å². The second kappa shape index (κ2) is 6.07. The Morgan fingerprint density at radius 1 is 1.27 bits per heavy atom. The Bertz CT molecular complexity index is 897. The highest BCUT2D eigenvalue weighted by atomic mass is 35.5. The number of nitrogens with zero attached hydrogens (tertiary/aromatic N) is 2. The molecule has 3 rings (SSSR count). The predicted octanol–water partition coefficient (Wildman–Crippen LogP) is 4.56. The second-order valence-corrected chi connectivity index (χ2v) is 7.72. The Morgan fingerprint density at radius 3 is 2.64 bits per heavy atom. The van der Waals surface area contributed by atoms with Crippen molar-refractivity contribution in [2.75, 3.05) is 0 Å².